The molecule has 0 aliphatic heterocycles. The topological polar surface area (TPSA) is 17.1 Å². The van der Waals surface area contributed by atoms with E-state index in [1.54, 1.807) is 0 Å². The zero-order valence-electron chi connectivity index (χ0n) is 20.8. The number of fused-ring (bicyclic) bond motifs is 3. The third kappa shape index (κ3) is 3.67. The van der Waals surface area contributed by atoms with Gasteiger partial charge in [-0.05, 0) is 55.6 Å². The standard InChI is InChI=1S/C36H25OP/c37-38(31-14-2-1-3-15-31,33-23-18-26-10-4-5-11-28(26)25-33)32-21-19-27(20-22-32)36-34-16-8-6-12-29(34)24-30-13-7-9-17-35(30)36/h1-25H. The maximum atomic E-state index is 15.1. The second-order valence-electron chi connectivity index (χ2n) is 9.72. The lowest BCUT2D eigenvalue weighted by atomic mass is 9.92. The minimum atomic E-state index is -3.09. The van der Waals surface area contributed by atoms with Crippen LogP contribution >= 0.6 is 7.14 Å². The number of hydrogen-bond acceptors (Lipinski definition) is 1. The first kappa shape index (κ1) is 22.7. The Morgan fingerprint density at radius 1 is 0.368 bits per heavy atom. The number of benzene rings is 7. The fourth-order valence-electron chi connectivity index (χ4n) is 5.62. The van der Waals surface area contributed by atoms with Crippen molar-refractivity contribution in [3.63, 3.8) is 0 Å². The molecule has 0 aliphatic carbocycles. The van der Waals surface area contributed by atoms with E-state index < -0.39 is 7.14 Å². The molecule has 7 rings (SSSR count). The highest BCUT2D eigenvalue weighted by molar-refractivity contribution is 7.85. The Bertz CT molecular complexity index is 1930. The predicted molar refractivity (Wildman–Crippen MR) is 164 cm³/mol. The van der Waals surface area contributed by atoms with Gasteiger partial charge in [0.1, 0.15) is 0 Å². The van der Waals surface area contributed by atoms with Crippen molar-refractivity contribution >= 4 is 55.4 Å². The Morgan fingerprint density at radius 2 is 0.868 bits per heavy atom. The van der Waals surface area contributed by atoms with E-state index in [0.29, 0.717) is 0 Å². The molecule has 0 heterocycles. The largest absolute Gasteiger partial charge is 0.309 e. The van der Waals surface area contributed by atoms with Crippen LogP contribution in [-0.2, 0) is 4.57 Å². The van der Waals surface area contributed by atoms with Gasteiger partial charge in [0.05, 0.1) is 0 Å². The van der Waals surface area contributed by atoms with Crippen molar-refractivity contribution in [1.29, 1.82) is 0 Å². The molecular weight excluding hydrogens is 479 g/mol. The number of rotatable bonds is 4. The van der Waals surface area contributed by atoms with E-state index in [0.717, 1.165) is 32.2 Å². The first-order chi connectivity index (χ1) is 18.7. The van der Waals surface area contributed by atoms with Gasteiger partial charge in [0.2, 0.25) is 0 Å². The minimum Gasteiger partial charge on any atom is -0.309 e. The van der Waals surface area contributed by atoms with Crippen molar-refractivity contribution in [3.05, 3.63) is 152 Å². The fraction of sp³-hybridized carbons (Fsp3) is 0. The second kappa shape index (κ2) is 9.14. The molecular formula is C36H25OP. The zero-order valence-corrected chi connectivity index (χ0v) is 21.7. The Labute approximate surface area is 222 Å². The van der Waals surface area contributed by atoms with Crippen molar-refractivity contribution in [2.24, 2.45) is 0 Å². The van der Waals surface area contributed by atoms with Crippen LogP contribution in [0.15, 0.2) is 152 Å². The van der Waals surface area contributed by atoms with Gasteiger partial charge >= 0.3 is 0 Å². The molecule has 1 atom stereocenters. The van der Waals surface area contributed by atoms with Crippen LogP contribution in [0.3, 0.4) is 0 Å². The van der Waals surface area contributed by atoms with Gasteiger partial charge in [0.25, 0.3) is 0 Å². The summed E-state index contributed by atoms with van der Waals surface area (Å²) in [6, 6.07) is 52.1. The highest BCUT2D eigenvalue weighted by Gasteiger charge is 2.30. The highest BCUT2D eigenvalue weighted by Crippen LogP contribution is 2.44. The monoisotopic (exact) mass is 504 g/mol. The summed E-state index contributed by atoms with van der Waals surface area (Å²) < 4.78 is 15.1. The van der Waals surface area contributed by atoms with E-state index in [9.17, 15) is 0 Å². The van der Waals surface area contributed by atoms with Gasteiger partial charge in [-0.3, -0.25) is 0 Å². The molecule has 0 fully saturated rings. The summed E-state index contributed by atoms with van der Waals surface area (Å²) in [5.74, 6) is 0. The summed E-state index contributed by atoms with van der Waals surface area (Å²) in [4.78, 5) is 0. The molecule has 0 radical (unpaired) electrons. The van der Waals surface area contributed by atoms with Crippen LogP contribution in [0, 0.1) is 0 Å². The molecule has 0 N–H and O–H groups in total. The smallest absolute Gasteiger partial charge is 0.171 e. The van der Waals surface area contributed by atoms with Crippen LogP contribution in [0.2, 0.25) is 0 Å². The maximum absolute atomic E-state index is 15.1. The molecule has 0 bridgehead atoms. The van der Waals surface area contributed by atoms with E-state index in [1.165, 1.54) is 27.1 Å². The average Bonchev–Trinajstić information content (AvgIpc) is 2.99. The van der Waals surface area contributed by atoms with Gasteiger partial charge in [-0.25, -0.2) is 0 Å². The summed E-state index contributed by atoms with van der Waals surface area (Å²) in [5, 5.41) is 9.66. The van der Waals surface area contributed by atoms with E-state index >= 15 is 4.57 Å². The summed E-state index contributed by atoms with van der Waals surface area (Å²) in [6.45, 7) is 0. The van der Waals surface area contributed by atoms with Gasteiger partial charge in [-0.2, -0.15) is 0 Å². The Morgan fingerprint density at radius 3 is 1.53 bits per heavy atom. The molecule has 7 aromatic rings. The van der Waals surface area contributed by atoms with E-state index in [-0.39, 0.29) is 0 Å². The third-order valence-corrected chi connectivity index (χ3v) is 10.6. The van der Waals surface area contributed by atoms with Crippen molar-refractivity contribution < 1.29 is 4.57 Å². The van der Waals surface area contributed by atoms with Crippen LogP contribution in [-0.4, -0.2) is 0 Å². The van der Waals surface area contributed by atoms with E-state index in [2.05, 4.69) is 103 Å². The Hall–Kier alpha value is -4.45. The van der Waals surface area contributed by atoms with Gasteiger partial charge < -0.3 is 4.57 Å². The first-order valence-electron chi connectivity index (χ1n) is 12.9. The van der Waals surface area contributed by atoms with Gasteiger partial charge in [-0.15, -0.1) is 0 Å². The van der Waals surface area contributed by atoms with Crippen molar-refractivity contribution in [3.8, 4) is 11.1 Å². The van der Waals surface area contributed by atoms with Crippen LogP contribution in [0.4, 0.5) is 0 Å². The van der Waals surface area contributed by atoms with Crippen LogP contribution < -0.4 is 15.9 Å². The average molecular weight is 505 g/mol. The zero-order chi connectivity index (χ0) is 25.5. The molecule has 0 amide bonds. The molecule has 0 aromatic heterocycles. The lowest BCUT2D eigenvalue weighted by Gasteiger charge is -2.21. The van der Waals surface area contributed by atoms with E-state index in [1.807, 2.05) is 48.5 Å². The summed E-state index contributed by atoms with van der Waals surface area (Å²) in [7, 11) is -3.09. The molecule has 0 saturated heterocycles. The van der Waals surface area contributed by atoms with E-state index in [4.69, 9.17) is 0 Å². The molecule has 0 spiro atoms. The predicted octanol–water partition coefficient (Wildman–Crippen LogP) is 8.45. The van der Waals surface area contributed by atoms with Gasteiger partial charge in [-0.1, -0.05) is 140 Å². The Balaban J connectivity index is 1.43. The third-order valence-electron chi connectivity index (χ3n) is 7.51. The molecule has 38 heavy (non-hydrogen) atoms. The minimum absolute atomic E-state index is 0.840. The molecule has 0 saturated carbocycles. The fourth-order valence-corrected chi connectivity index (χ4v) is 8.28. The summed E-state index contributed by atoms with van der Waals surface area (Å²) >= 11 is 0. The van der Waals surface area contributed by atoms with Crippen LogP contribution in [0.25, 0.3) is 43.4 Å². The SMILES string of the molecule is O=P(c1ccccc1)(c1ccc(-c2c3ccccc3cc3ccccc23)cc1)c1ccc2ccccc2c1. The van der Waals surface area contributed by atoms with Crippen molar-refractivity contribution in [1.82, 2.24) is 0 Å². The summed E-state index contributed by atoms with van der Waals surface area (Å²) in [6.07, 6.45) is 0. The second-order valence-corrected chi connectivity index (χ2v) is 12.5. The molecule has 180 valence electrons. The summed E-state index contributed by atoms with van der Waals surface area (Å²) in [5.41, 5.74) is 2.34. The first-order valence-corrected chi connectivity index (χ1v) is 14.6. The lowest BCUT2D eigenvalue weighted by Crippen LogP contribution is -2.25. The number of hydrogen-bond donors (Lipinski definition) is 0. The van der Waals surface area contributed by atoms with Gasteiger partial charge in [0.15, 0.2) is 7.14 Å². The highest BCUT2D eigenvalue weighted by atomic mass is 31.2. The Kier molecular flexibility index (Phi) is 5.46. The normalized spacial score (nSPS) is 13.1. The molecule has 0 aliphatic rings. The molecule has 7 aromatic carbocycles. The van der Waals surface area contributed by atoms with Gasteiger partial charge in [0, 0.05) is 15.9 Å². The van der Waals surface area contributed by atoms with Crippen LogP contribution in [0.1, 0.15) is 0 Å². The van der Waals surface area contributed by atoms with Crippen molar-refractivity contribution in [2.45, 2.75) is 0 Å². The van der Waals surface area contributed by atoms with Crippen LogP contribution in [0.5, 0.6) is 0 Å². The lowest BCUT2D eigenvalue weighted by molar-refractivity contribution is 0.592. The maximum Gasteiger partial charge on any atom is 0.171 e. The quantitative estimate of drug-likeness (QED) is 0.174. The molecule has 2 heteroatoms. The van der Waals surface area contributed by atoms with Crippen molar-refractivity contribution in [2.75, 3.05) is 0 Å². The molecule has 1 nitrogen and oxygen atoms in total. The molecule has 1 unspecified atom stereocenters.